The first-order chi connectivity index (χ1) is 16.1. The molecule has 0 saturated carbocycles. The van der Waals surface area contributed by atoms with E-state index in [9.17, 15) is 9.90 Å². The standard InChI is InChI=1S/C29H29NO3/c1-3-30(4-2)18-19-33-25-14-10-22(11-15-25)29(32)28-26(21-8-6-5-7-9-21)16-12-23-20-24(31)13-17-27(23)28/h5-17,20,31H,3-4,18-19H2,1-2H3. The maximum Gasteiger partial charge on any atom is 0.194 e. The monoisotopic (exact) mass is 439 g/mol. The largest absolute Gasteiger partial charge is 0.508 e. The number of likely N-dealkylation sites (N-methyl/N-ethyl adjacent to an activating group) is 1. The third kappa shape index (κ3) is 5.07. The molecule has 33 heavy (non-hydrogen) atoms. The predicted octanol–water partition coefficient (Wildman–Crippen LogP) is 6.16. The Morgan fingerprint density at radius 2 is 1.61 bits per heavy atom. The van der Waals surface area contributed by atoms with Gasteiger partial charge < -0.3 is 14.7 Å². The molecule has 0 aliphatic rings. The van der Waals surface area contributed by atoms with Gasteiger partial charge in [0.1, 0.15) is 18.1 Å². The molecule has 0 radical (unpaired) electrons. The van der Waals surface area contributed by atoms with Crippen LogP contribution < -0.4 is 4.74 Å². The minimum absolute atomic E-state index is 0.0557. The van der Waals surface area contributed by atoms with Gasteiger partial charge >= 0.3 is 0 Å². The molecule has 4 aromatic rings. The molecule has 0 atom stereocenters. The summed E-state index contributed by atoms with van der Waals surface area (Å²) >= 11 is 0. The lowest BCUT2D eigenvalue weighted by Gasteiger charge is -2.18. The zero-order valence-corrected chi connectivity index (χ0v) is 19.1. The molecule has 0 aliphatic heterocycles. The highest BCUT2D eigenvalue weighted by Gasteiger charge is 2.19. The molecule has 0 saturated heterocycles. The van der Waals surface area contributed by atoms with Crippen molar-refractivity contribution >= 4 is 16.6 Å². The van der Waals surface area contributed by atoms with Gasteiger partial charge in [0.25, 0.3) is 0 Å². The number of carbonyl (C=O) groups excluding carboxylic acids is 1. The maximum absolute atomic E-state index is 13.7. The Labute approximate surface area is 195 Å². The Balaban J connectivity index is 1.66. The topological polar surface area (TPSA) is 49.8 Å². The van der Waals surface area contributed by atoms with Crippen LogP contribution in [-0.4, -0.2) is 42.0 Å². The summed E-state index contributed by atoms with van der Waals surface area (Å²) in [5.74, 6) is 0.879. The Morgan fingerprint density at radius 1 is 0.879 bits per heavy atom. The average molecular weight is 440 g/mol. The molecule has 0 amide bonds. The van der Waals surface area contributed by atoms with E-state index in [1.165, 1.54) is 0 Å². The number of phenols is 1. The van der Waals surface area contributed by atoms with Crippen molar-refractivity contribution in [3.63, 3.8) is 0 Å². The van der Waals surface area contributed by atoms with Crippen molar-refractivity contribution in [2.75, 3.05) is 26.2 Å². The minimum atomic E-state index is -0.0557. The number of fused-ring (bicyclic) bond motifs is 1. The van der Waals surface area contributed by atoms with Crippen molar-refractivity contribution in [1.82, 2.24) is 4.90 Å². The number of hydrogen-bond acceptors (Lipinski definition) is 4. The van der Waals surface area contributed by atoms with Gasteiger partial charge in [0.15, 0.2) is 5.78 Å². The summed E-state index contributed by atoms with van der Waals surface area (Å²) in [6.07, 6.45) is 0. The molecule has 4 aromatic carbocycles. The predicted molar refractivity (Wildman–Crippen MR) is 134 cm³/mol. The summed E-state index contributed by atoms with van der Waals surface area (Å²) < 4.78 is 5.88. The summed E-state index contributed by atoms with van der Waals surface area (Å²) in [6, 6.07) is 26.3. The van der Waals surface area contributed by atoms with Gasteiger partial charge in [-0.25, -0.2) is 0 Å². The fraction of sp³-hybridized carbons (Fsp3) is 0.207. The molecular weight excluding hydrogens is 410 g/mol. The fourth-order valence-corrected chi connectivity index (χ4v) is 4.10. The van der Waals surface area contributed by atoms with Gasteiger partial charge in [-0.15, -0.1) is 0 Å². The molecule has 168 valence electrons. The molecule has 0 unspecified atom stereocenters. The van der Waals surface area contributed by atoms with E-state index >= 15 is 0 Å². The molecule has 0 aromatic heterocycles. The van der Waals surface area contributed by atoms with Gasteiger partial charge in [0.05, 0.1) is 0 Å². The SMILES string of the molecule is CCN(CC)CCOc1ccc(C(=O)c2c(-c3ccccc3)ccc3cc(O)ccc23)cc1. The van der Waals surface area contributed by atoms with Crippen molar-refractivity contribution in [2.24, 2.45) is 0 Å². The summed E-state index contributed by atoms with van der Waals surface area (Å²) in [6.45, 7) is 7.77. The summed E-state index contributed by atoms with van der Waals surface area (Å²) in [5.41, 5.74) is 3.09. The maximum atomic E-state index is 13.7. The number of aromatic hydroxyl groups is 1. The molecular formula is C29H29NO3. The molecule has 0 spiro atoms. The second-order valence-electron chi connectivity index (χ2n) is 7.99. The van der Waals surface area contributed by atoms with Crippen LogP contribution in [0, 0.1) is 0 Å². The first-order valence-electron chi connectivity index (χ1n) is 11.4. The number of nitrogens with zero attached hydrogens (tertiary/aromatic N) is 1. The first kappa shape index (κ1) is 22.6. The molecule has 4 nitrogen and oxygen atoms in total. The molecule has 1 N–H and O–H groups in total. The minimum Gasteiger partial charge on any atom is -0.508 e. The van der Waals surface area contributed by atoms with Crippen molar-refractivity contribution in [1.29, 1.82) is 0 Å². The number of hydrogen-bond donors (Lipinski definition) is 1. The van der Waals surface area contributed by atoms with Crippen LogP contribution in [0.3, 0.4) is 0 Å². The van der Waals surface area contributed by atoms with E-state index in [0.29, 0.717) is 17.7 Å². The van der Waals surface area contributed by atoms with Crippen LogP contribution in [0.1, 0.15) is 29.8 Å². The molecule has 4 rings (SSSR count). The van der Waals surface area contributed by atoms with Crippen LogP contribution in [0.25, 0.3) is 21.9 Å². The lowest BCUT2D eigenvalue weighted by atomic mass is 9.89. The summed E-state index contributed by atoms with van der Waals surface area (Å²) in [7, 11) is 0. The average Bonchev–Trinajstić information content (AvgIpc) is 2.86. The zero-order chi connectivity index (χ0) is 23.2. The molecule has 0 bridgehead atoms. The number of ketones is 1. The Kier molecular flexibility index (Phi) is 7.06. The highest BCUT2D eigenvalue weighted by Crippen LogP contribution is 2.34. The molecule has 0 heterocycles. The molecule has 0 fully saturated rings. The zero-order valence-electron chi connectivity index (χ0n) is 19.1. The molecule has 0 aliphatic carbocycles. The van der Waals surface area contributed by atoms with Crippen LogP contribution in [0.5, 0.6) is 11.5 Å². The Bertz CT molecular complexity index is 1230. The molecule has 4 heteroatoms. The van der Waals surface area contributed by atoms with Crippen molar-refractivity contribution in [3.8, 4) is 22.6 Å². The summed E-state index contributed by atoms with van der Waals surface area (Å²) in [5, 5.41) is 11.6. The van der Waals surface area contributed by atoms with E-state index in [1.807, 2.05) is 72.8 Å². The van der Waals surface area contributed by atoms with Crippen LogP contribution in [0.2, 0.25) is 0 Å². The van der Waals surface area contributed by atoms with Gasteiger partial charge in [0.2, 0.25) is 0 Å². The number of carbonyl (C=O) groups is 1. The lowest BCUT2D eigenvalue weighted by Crippen LogP contribution is -2.27. The third-order valence-corrected chi connectivity index (χ3v) is 6.00. The normalized spacial score (nSPS) is 11.1. The van der Waals surface area contributed by atoms with Crippen molar-refractivity contribution in [2.45, 2.75) is 13.8 Å². The van der Waals surface area contributed by atoms with E-state index in [2.05, 4.69) is 18.7 Å². The van der Waals surface area contributed by atoms with E-state index in [4.69, 9.17) is 4.74 Å². The van der Waals surface area contributed by atoms with Crippen LogP contribution in [0.4, 0.5) is 0 Å². The van der Waals surface area contributed by atoms with Gasteiger partial charge in [-0.3, -0.25) is 4.79 Å². The van der Waals surface area contributed by atoms with Crippen LogP contribution in [-0.2, 0) is 0 Å². The number of ether oxygens (including phenoxy) is 1. The third-order valence-electron chi connectivity index (χ3n) is 6.00. The second kappa shape index (κ2) is 10.3. The van der Waals surface area contributed by atoms with E-state index in [1.54, 1.807) is 12.1 Å². The lowest BCUT2D eigenvalue weighted by molar-refractivity contribution is 0.104. The quantitative estimate of drug-likeness (QED) is 0.317. The van der Waals surface area contributed by atoms with E-state index in [0.717, 1.165) is 47.3 Å². The van der Waals surface area contributed by atoms with Crippen molar-refractivity contribution in [3.05, 3.63) is 96.1 Å². The fourth-order valence-electron chi connectivity index (χ4n) is 4.10. The highest BCUT2D eigenvalue weighted by atomic mass is 16.5. The first-order valence-corrected chi connectivity index (χ1v) is 11.4. The van der Waals surface area contributed by atoms with Gasteiger partial charge in [-0.1, -0.05) is 56.3 Å². The van der Waals surface area contributed by atoms with Crippen LogP contribution >= 0.6 is 0 Å². The number of phenolic OH excluding ortho intramolecular Hbond substituents is 1. The second-order valence-corrected chi connectivity index (χ2v) is 7.99. The Hall–Kier alpha value is -3.63. The number of benzene rings is 4. The van der Waals surface area contributed by atoms with Gasteiger partial charge in [-0.2, -0.15) is 0 Å². The smallest absolute Gasteiger partial charge is 0.194 e. The number of rotatable bonds is 9. The van der Waals surface area contributed by atoms with E-state index in [-0.39, 0.29) is 11.5 Å². The van der Waals surface area contributed by atoms with Crippen LogP contribution in [0.15, 0.2) is 84.9 Å². The van der Waals surface area contributed by atoms with Gasteiger partial charge in [0, 0.05) is 17.7 Å². The van der Waals surface area contributed by atoms with E-state index < -0.39 is 0 Å². The van der Waals surface area contributed by atoms with Gasteiger partial charge in [-0.05, 0) is 77.5 Å². The summed E-state index contributed by atoms with van der Waals surface area (Å²) in [4.78, 5) is 16.0. The Morgan fingerprint density at radius 3 is 2.30 bits per heavy atom. The van der Waals surface area contributed by atoms with Crippen molar-refractivity contribution < 1.29 is 14.6 Å². The highest BCUT2D eigenvalue weighted by molar-refractivity contribution is 6.20.